The second-order valence-electron chi connectivity index (χ2n) is 5.88. The maximum absolute atomic E-state index is 11.0. The van der Waals surface area contributed by atoms with Gasteiger partial charge in [0.15, 0.2) is 0 Å². The molecule has 2 aromatic carbocycles. The number of carbonyl (C=O) groups is 1. The number of benzene rings is 2. The van der Waals surface area contributed by atoms with E-state index in [1.165, 1.54) is 20.9 Å². The standard InChI is InChI=1S/C20H26N2OS2/c1-4-21(24-19-9-5-17(2)6-10-19)13-14-22(15-16-23)25-20-11-7-18(3)8-12-20/h5-12,16H,4,13-15H2,1-3H3. The van der Waals surface area contributed by atoms with Crippen LogP contribution in [0.4, 0.5) is 0 Å². The molecule has 0 N–H and O–H groups in total. The molecule has 134 valence electrons. The molecule has 0 aromatic heterocycles. The summed E-state index contributed by atoms with van der Waals surface area (Å²) in [6.07, 6.45) is 0.977. The van der Waals surface area contributed by atoms with Crippen LogP contribution in [-0.2, 0) is 4.79 Å². The first-order valence-corrected chi connectivity index (χ1v) is 10.1. The van der Waals surface area contributed by atoms with Crippen LogP contribution in [0.2, 0.25) is 0 Å². The predicted molar refractivity (Wildman–Crippen MR) is 109 cm³/mol. The maximum atomic E-state index is 11.0. The fraction of sp³-hybridized carbons (Fsp3) is 0.350. The van der Waals surface area contributed by atoms with Crippen LogP contribution in [0.25, 0.3) is 0 Å². The average Bonchev–Trinajstić information content (AvgIpc) is 2.62. The second kappa shape index (κ2) is 10.7. The first-order valence-electron chi connectivity index (χ1n) is 8.53. The summed E-state index contributed by atoms with van der Waals surface area (Å²) in [6.45, 7) is 9.49. The summed E-state index contributed by atoms with van der Waals surface area (Å²) in [6, 6.07) is 17.0. The Morgan fingerprint density at radius 2 is 1.24 bits per heavy atom. The minimum Gasteiger partial charge on any atom is -0.302 e. The van der Waals surface area contributed by atoms with Crippen molar-refractivity contribution in [3.05, 3.63) is 59.7 Å². The number of nitrogens with zero attached hydrogens (tertiary/aromatic N) is 2. The summed E-state index contributed by atoms with van der Waals surface area (Å²) in [7, 11) is 0. The van der Waals surface area contributed by atoms with E-state index in [0.29, 0.717) is 6.54 Å². The third kappa shape index (κ3) is 7.24. The Morgan fingerprint density at radius 1 is 0.800 bits per heavy atom. The first kappa shape index (κ1) is 20.0. The summed E-state index contributed by atoms with van der Waals surface area (Å²) in [5.74, 6) is 0. The van der Waals surface area contributed by atoms with Crippen molar-refractivity contribution >= 4 is 30.2 Å². The van der Waals surface area contributed by atoms with Gasteiger partial charge in [-0.1, -0.05) is 42.3 Å². The van der Waals surface area contributed by atoms with Gasteiger partial charge in [0.05, 0.1) is 6.54 Å². The van der Waals surface area contributed by atoms with Gasteiger partial charge in [-0.15, -0.1) is 0 Å². The lowest BCUT2D eigenvalue weighted by atomic mass is 10.2. The Hall–Kier alpha value is -1.27. The minimum absolute atomic E-state index is 0.436. The number of rotatable bonds is 10. The molecule has 0 aliphatic rings. The topological polar surface area (TPSA) is 23.6 Å². The SMILES string of the molecule is CCN(CCN(CC=O)Sc1ccc(C)cc1)Sc1ccc(C)cc1. The highest BCUT2D eigenvalue weighted by atomic mass is 32.2. The summed E-state index contributed by atoms with van der Waals surface area (Å²) in [4.78, 5) is 13.4. The van der Waals surface area contributed by atoms with Crippen molar-refractivity contribution in [2.45, 2.75) is 30.6 Å². The lowest BCUT2D eigenvalue weighted by Crippen LogP contribution is -2.29. The zero-order chi connectivity index (χ0) is 18.1. The summed E-state index contributed by atoms with van der Waals surface area (Å²) >= 11 is 3.42. The number of hydrogen-bond acceptors (Lipinski definition) is 5. The van der Waals surface area contributed by atoms with Crippen LogP contribution >= 0.6 is 23.9 Å². The van der Waals surface area contributed by atoms with Crippen molar-refractivity contribution in [2.75, 3.05) is 26.2 Å². The molecule has 2 aromatic rings. The Kier molecular flexibility index (Phi) is 8.55. The molecule has 0 aliphatic carbocycles. The fourth-order valence-electron chi connectivity index (χ4n) is 2.25. The second-order valence-corrected chi connectivity index (χ2v) is 8.23. The van der Waals surface area contributed by atoms with Crippen LogP contribution in [-0.4, -0.2) is 41.1 Å². The zero-order valence-electron chi connectivity index (χ0n) is 15.1. The van der Waals surface area contributed by atoms with Gasteiger partial charge in [0.2, 0.25) is 0 Å². The van der Waals surface area contributed by atoms with E-state index in [1.54, 1.807) is 23.9 Å². The van der Waals surface area contributed by atoms with Gasteiger partial charge in [0.1, 0.15) is 6.29 Å². The summed E-state index contributed by atoms with van der Waals surface area (Å²) in [5, 5.41) is 0. The van der Waals surface area contributed by atoms with Gasteiger partial charge in [-0.05, 0) is 62.0 Å². The van der Waals surface area contributed by atoms with Crippen molar-refractivity contribution in [3.8, 4) is 0 Å². The Balaban J connectivity index is 1.89. The quantitative estimate of drug-likeness (QED) is 0.437. The van der Waals surface area contributed by atoms with Gasteiger partial charge in [-0.3, -0.25) is 0 Å². The van der Waals surface area contributed by atoms with Crippen LogP contribution in [0.5, 0.6) is 0 Å². The largest absolute Gasteiger partial charge is 0.302 e. The number of aryl methyl sites for hydroxylation is 2. The van der Waals surface area contributed by atoms with Gasteiger partial charge in [0.25, 0.3) is 0 Å². The van der Waals surface area contributed by atoms with Gasteiger partial charge in [0, 0.05) is 29.4 Å². The molecule has 0 spiro atoms. The molecule has 0 bridgehead atoms. The third-order valence-corrected chi connectivity index (χ3v) is 6.00. The van der Waals surface area contributed by atoms with E-state index >= 15 is 0 Å². The molecule has 0 aliphatic heterocycles. The molecule has 0 heterocycles. The molecule has 5 heteroatoms. The molecule has 2 rings (SSSR count). The van der Waals surface area contributed by atoms with Crippen LogP contribution < -0.4 is 0 Å². The summed E-state index contributed by atoms with van der Waals surface area (Å²) in [5.41, 5.74) is 2.52. The van der Waals surface area contributed by atoms with Crippen molar-refractivity contribution < 1.29 is 4.79 Å². The molecule has 0 saturated carbocycles. The van der Waals surface area contributed by atoms with Crippen LogP contribution in [0.3, 0.4) is 0 Å². The van der Waals surface area contributed by atoms with Gasteiger partial charge >= 0.3 is 0 Å². The smallest absolute Gasteiger partial charge is 0.134 e. The zero-order valence-corrected chi connectivity index (χ0v) is 16.8. The van der Waals surface area contributed by atoms with Gasteiger partial charge in [-0.25, -0.2) is 8.61 Å². The van der Waals surface area contributed by atoms with Crippen molar-refractivity contribution in [3.63, 3.8) is 0 Å². The molecule has 25 heavy (non-hydrogen) atoms. The third-order valence-electron chi connectivity index (χ3n) is 3.74. The van der Waals surface area contributed by atoms with Gasteiger partial charge in [-0.2, -0.15) is 0 Å². The average molecular weight is 375 g/mol. The van der Waals surface area contributed by atoms with Crippen LogP contribution in [0.15, 0.2) is 58.3 Å². The van der Waals surface area contributed by atoms with E-state index in [-0.39, 0.29) is 0 Å². The highest BCUT2D eigenvalue weighted by molar-refractivity contribution is 7.97. The molecule has 0 amide bonds. The number of carbonyl (C=O) groups excluding carboxylic acids is 1. The maximum Gasteiger partial charge on any atom is 0.134 e. The van der Waals surface area contributed by atoms with E-state index in [9.17, 15) is 4.79 Å². The van der Waals surface area contributed by atoms with Crippen LogP contribution in [0.1, 0.15) is 18.1 Å². The Morgan fingerprint density at radius 3 is 1.68 bits per heavy atom. The molecule has 0 fully saturated rings. The highest BCUT2D eigenvalue weighted by Gasteiger charge is 2.11. The molecule has 0 radical (unpaired) electrons. The van der Waals surface area contributed by atoms with E-state index in [1.807, 2.05) is 0 Å². The van der Waals surface area contributed by atoms with E-state index in [0.717, 1.165) is 25.9 Å². The monoisotopic (exact) mass is 374 g/mol. The normalized spacial score (nSPS) is 11.2. The number of hydrogen-bond donors (Lipinski definition) is 0. The number of aldehydes is 1. The van der Waals surface area contributed by atoms with Crippen molar-refractivity contribution in [2.24, 2.45) is 0 Å². The van der Waals surface area contributed by atoms with Crippen molar-refractivity contribution in [1.29, 1.82) is 0 Å². The highest BCUT2D eigenvalue weighted by Crippen LogP contribution is 2.25. The molecular formula is C20H26N2OS2. The molecule has 0 unspecified atom stereocenters. The van der Waals surface area contributed by atoms with E-state index in [4.69, 9.17) is 0 Å². The predicted octanol–water partition coefficient (Wildman–Crippen LogP) is 4.84. The van der Waals surface area contributed by atoms with E-state index in [2.05, 4.69) is 77.9 Å². The Labute approximate surface area is 160 Å². The number of likely N-dealkylation sites (N-methyl/N-ethyl adjacent to an activating group) is 1. The van der Waals surface area contributed by atoms with Gasteiger partial charge < -0.3 is 4.79 Å². The van der Waals surface area contributed by atoms with Crippen molar-refractivity contribution in [1.82, 2.24) is 8.61 Å². The Bertz CT molecular complexity index is 644. The van der Waals surface area contributed by atoms with Crippen LogP contribution in [0, 0.1) is 13.8 Å². The summed E-state index contributed by atoms with van der Waals surface area (Å²) < 4.78 is 4.45. The lowest BCUT2D eigenvalue weighted by molar-refractivity contribution is -0.107. The minimum atomic E-state index is 0.436. The fourth-order valence-corrected chi connectivity index (χ4v) is 3.97. The molecule has 0 saturated heterocycles. The molecular weight excluding hydrogens is 348 g/mol. The first-order chi connectivity index (χ1) is 12.1. The lowest BCUT2D eigenvalue weighted by Gasteiger charge is -2.24. The molecule has 3 nitrogen and oxygen atoms in total. The van der Waals surface area contributed by atoms with E-state index < -0.39 is 0 Å². The molecule has 0 atom stereocenters.